The number of carbonyl (C=O) groups excluding carboxylic acids is 1. The lowest BCUT2D eigenvalue weighted by molar-refractivity contribution is 0.0901. The Balaban J connectivity index is 2.67. The molecule has 0 fully saturated rings. The zero-order valence-electron chi connectivity index (χ0n) is 12.5. The topological polar surface area (TPSA) is 41.1 Å². The zero-order valence-corrected chi connectivity index (χ0v) is 12.5. The Morgan fingerprint density at radius 1 is 1.11 bits per heavy atom. The number of hydrogen-bond donors (Lipinski definition) is 2. The monoisotopic (exact) mass is 262 g/mol. The molecule has 106 valence electrons. The molecule has 0 aromatic heterocycles. The van der Waals surface area contributed by atoms with Crippen LogP contribution in [0.15, 0.2) is 24.3 Å². The number of carbonyl (C=O) groups is 1. The molecule has 0 aliphatic rings. The molecule has 19 heavy (non-hydrogen) atoms. The lowest BCUT2D eigenvalue weighted by atomic mass is 9.95. The maximum atomic E-state index is 12.2. The van der Waals surface area contributed by atoms with E-state index in [1.165, 1.54) is 0 Å². The third kappa shape index (κ3) is 4.58. The molecule has 0 bridgehead atoms. The highest BCUT2D eigenvalue weighted by molar-refractivity contribution is 5.95. The highest BCUT2D eigenvalue weighted by Crippen LogP contribution is 2.16. The van der Waals surface area contributed by atoms with E-state index in [0.29, 0.717) is 0 Å². The lowest BCUT2D eigenvalue weighted by Gasteiger charge is -2.28. The van der Waals surface area contributed by atoms with Crippen molar-refractivity contribution in [2.75, 3.05) is 11.9 Å². The summed E-state index contributed by atoms with van der Waals surface area (Å²) in [4.78, 5) is 12.2. The fraction of sp³-hybridized carbons (Fsp3) is 0.562. The van der Waals surface area contributed by atoms with Crippen LogP contribution in [0, 0.1) is 0 Å². The quantitative estimate of drug-likeness (QED) is 0.784. The molecule has 2 N–H and O–H groups in total. The van der Waals surface area contributed by atoms with E-state index in [-0.39, 0.29) is 11.4 Å². The van der Waals surface area contributed by atoms with Crippen molar-refractivity contribution in [3.63, 3.8) is 0 Å². The Morgan fingerprint density at radius 2 is 1.68 bits per heavy atom. The molecular formula is C16H26N2O. The van der Waals surface area contributed by atoms with Crippen LogP contribution >= 0.6 is 0 Å². The van der Waals surface area contributed by atoms with Gasteiger partial charge in [-0.3, -0.25) is 4.79 Å². The molecule has 0 heterocycles. The summed E-state index contributed by atoms with van der Waals surface area (Å²) in [5, 5.41) is 6.41. The van der Waals surface area contributed by atoms with Crippen molar-refractivity contribution < 1.29 is 4.79 Å². The highest BCUT2D eigenvalue weighted by Gasteiger charge is 2.22. The summed E-state index contributed by atoms with van der Waals surface area (Å²) in [5.74, 6) is 0.00763. The molecule has 1 rings (SSSR count). The van der Waals surface area contributed by atoms with E-state index in [9.17, 15) is 4.79 Å². The molecule has 0 spiro atoms. The van der Waals surface area contributed by atoms with Gasteiger partial charge in [-0.15, -0.1) is 0 Å². The van der Waals surface area contributed by atoms with Crippen LogP contribution in [0.4, 0.5) is 5.69 Å². The zero-order chi connectivity index (χ0) is 14.3. The first kappa shape index (κ1) is 15.5. The van der Waals surface area contributed by atoms with E-state index in [0.717, 1.165) is 37.1 Å². The Kier molecular flexibility index (Phi) is 5.87. The van der Waals surface area contributed by atoms with Crippen LogP contribution in [-0.2, 0) is 0 Å². The van der Waals surface area contributed by atoms with E-state index in [2.05, 4.69) is 38.3 Å². The molecule has 0 saturated carbocycles. The van der Waals surface area contributed by atoms with Gasteiger partial charge < -0.3 is 10.6 Å². The average Bonchev–Trinajstić information content (AvgIpc) is 2.45. The standard InChI is InChI=1S/C16H26N2O/c1-5-12-17-14-10-8-13(9-11-14)15(19)18-16(4,6-2)7-3/h8-11,17H,5-7,12H2,1-4H3,(H,18,19). The SMILES string of the molecule is CCCNc1ccc(C(=O)NC(C)(CC)CC)cc1. The third-order valence-corrected chi connectivity index (χ3v) is 3.70. The molecule has 0 atom stereocenters. The van der Waals surface area contributed by atoms with Crippen LogP contribution in [-0.4, -0.2) is 18.0 Å². The molecule has 0 aliphatic carbocycles. The van der Waals surface area contributed by atoms with Crippen molar-refractivity contribution in [3.8, 4) is 0 Å². The van der Waals surface area contributed by atoms with Crippen molar-refractivity contribution in [3.05, 3.63) is 29.8 Å². The Morgan fingerprint density at radius 3 is 2.16 bits per heavy atom. The van der Waals surface area contributed by atoms with Crippen molar-refractivity contribution in [2.24, 2.45) is 0 Å². The minimum absolute atomic E-state index is 0.00763. The molecule has 1 amide bonds. The summed E-state index contributed by atoms with van der Waals surface area (Å²) in [6, 6.07) is 7.66. The fourth-order valence-electron chi connectivity index (χ4n) is 1.78. The summed E-state index contributed by atoms with van der Waals surface area (Å²) in [7, 11) is 0. The minimum atomic E-state index is -0.115. The van der Waals surface area contributed by atoms with Crippen LogP contribution in [0.3, 0.4) is 0 Å². The number of amides is 1. The number of hydrogen-bond acceptors (Lipinski definition) is 2. The summed E-state index contributed by atoms with van der Waals surface area (Å²) in [6.07, 6.45) is 2.96. The molecule has 3 nitrogen and oxygen atoms in total. The predicted octanol–water partition coefficient (Wildman–Crippen LogP) is 3.82. The number of rotatable bonds is 7. The van der Waals surface area contributed by atoms with Crippen LogP contribution in [0.5, 0.6) is 0 Å². The number of nitrogens with one attached hydrogen (secondary N) is 2. The second kappa shape index (κ2) is 7.17. The van der Waals surface area contributed by atoms with Gasteiger partial charge in [0.2, 0.25) is 0 Å². The number of benzene rings is 1. The molecule has 1 aromatic rings. The second-order valence-electron chi connectivity index (χ2n) is 5.23. The van der Waals surface area contributed by atoms with Gasteiger partial charge in [0.1, 0.15) is 0 Å². The fourth-order valence-corrected chi connectivity index (χ4v) is 1.78. The van der Waals surface area contributed by atoms with Gasteiger partial charge in [0.05, 0.1) is 0 Å². The van der Waals surface area contributed by atoms with Gasteiger partial charge in [-0.2, -0.15) is 0 Å². The Labute approximate surface area is 116 Å². The van der Waals surface area contributed by atoms with Crippen molar-refractivity contribution in [2.45, 2.75) is 52.5 Å². The molecule has 1 aromatic carbocycles. The highest BCUT2D eigenvalue weighted by atomic mass is 16.1. The summed E-state index contributed by atoms with van der Waals surface area (Å²) in [5.41, 5.74) is 1.67. The molecule has 0 radical (unpaired) electrons. The van der Waals surface area contributed by atoms with Gasteiger partial charge in [-0.25, -0.2) is 0 Å². The first-order chi connectivity index (χ1) is 9.04. The van der Waals surface area contributed by atoms with E-state index in [1.54, 1.807) is 0 Å². The van der Waals surface area contributed by atoms with Crippen LogP contribution < -0.4 is 10.6 Å². The predicted molar refractivity (Wildman–Crippen MR) is 81.7 cm³/mol. The van der Waals surface area contributed by atoms with E-state index in [4.69, 9.17) is 0 Å². The summed E-state index contributed by atoms with van der Waals surface area (Å²) < 4.78 is 0. The smallest absolute Gasteiger partial charge is 0.251 e. The van der Waals surface area contributed by atoms with Gasteiger partial charge in [-0.1, -0.05) is 20.8 Å². The molecule has 0 aliphatic heterocycles. The normalized spacial score (nSPS) is 11.2. The third-order valence-electron chi connectivity index (χ3n) is 3.70. The Bertz CT molecular complexity index is 394. The van der Waals surface area contributed by atoms with Crippen molar-refractivity contribution in [1.82, 2.24) is 5.32 Å². The van der Waals surface area contributed by atoms with Gasteiger partial charge >= 0.3 is 0 Å². The molecule has 0 unspecified atom stereocenters. The maximum absolute atomic E-state index is 12.2. The van der Waals surface area contributed by atoms with Gasteiger partial charge in [-0.05, 0) is 50.5 Å². The van der Waals surface area contributed by atoms with E-state index in [1.807, 2.05) is 24.3 Å². The van der Waals surface area contributed by atoms with Gasteiger partial charge in [0, 0.05) is 23.3 Å². The van der Waals surface area contributed by atoms with Crippen LogP contribution in [0.2, 0.25) is 0 Å². The van der Waals surface area contributed by atoms with Crippen LogP contribution in [0.25, 0.3) is 0 Å². The van der Waals surface area contributed by atoms with Crippen LogP contribution in [0.1, 0.15) is 57.3 Å². The second-order valence-corrected chi connectivity index (χ2v) is 5.23. The van der Waals surface area contributed by atoms with Gasteiger partial charge in [0.25, 0.3) is 5.91 Å². The first-order valence-electron chi connectivity index (χ1n) is 7.21. The Hall–Kier alpha value is -1.51. The summed E-state index contributed by atoms with van der Waals surface area (Å²) in [6.45, 7) is 9.37. The summed E-state index contributed by atoms with van der Waals surface area (Å²) >= 11 is 0. The lowest BCUT2D eigenvalue weighted by Crippen LogP contribution is -2.44. The van der Waals surface area contributed by atoms with E-state index < -0.39 is 0 Å². The van der Waals surface area contributed by atoms with Gasteiger partial charge in [0.15, 0.2) is 0 Å². The van der Waals surface area contributed by atoms with Crippen molar-refractivity contribution >= 4 is 11.6 Å². The molecule has 0 saturated heterocycles. The molecule has 3 heteroatoms. The average molecular weight is 262 g/mol. The first-order valence-corrected chi connectivity index (χ1v) is 7.21. The number of anilines is 1. The molecular weight excluding hydrogens is 236 g/mol. The van der Waals surface area contributed by atoms with Crippen molar-refractivity contribution in [1.29, 1.82) is 0 Å². The maximum Gasteiger partial charge on any atom is 0.251 e. The largest absolute Gasteiger partial charge is 0.385 e. The minimum Gasteiger partial charge on any atom is -0.385 e. The van der Waals surface area contributed by atoms with E-state index >= 15 is 0 Å².